The number of benzene rings is 1. The first-order valence-electron chi connectivity index (χ1n) is 6.48. The Labute approximate surface area is 123 Å². The summed E-state index contributed by atoms with van der Waals surface area (Å²) in [7, 11) is 2.19. The third-order valence-electron chi connectivity index (χ3n) is 3.85. The normalized spacial score (nSPS) is 26.0. The first-order chi connectivity index (χ1) is 8.63. The van der Waals surface area contributed by atoms with E-state index in [1.165, 1.54) is 24.8 Å². The Balaban J connectivity index is 2.33. The lowest BCUT2D eigenvalue weighted by molar-refractivity contribution is 0.196. The first kappa shape index (κ1) is 14.3. The summed E-state index contributed by atoms with van der Waals surface area (Å²) < 4.78 is 0.952. The number of halogens is 2. The van der Waals surface area contributed by atoms with Gasteiger partial charge in [0.15, 0.2) is 0 Å². The zero-order valence-electron chi connectivity index (χ0n) is 10.7. The molecule has 2 rings (SSSR count). The number of nitrogens with two attached hydrogens (primary N) is 1. The van der Waals surface area contributed by atoms with E-state index >= 15 is 0 Å². The molecule has 2 N–H and O–H groups in total. The lowest BCUT2D eigenvalue weighted by Gasteiger charge is -2.32. The summed E-state index contributed by atoms with van der Waals surface area (Å²) in [5.41, 5.74) is 7.24. The van der Waals surface area contributed by atoms with Crippen molar-refractivity contribution in [3.63, 3.8) is 0 Å². The second-order valence-electron chi connectivity index (χ2n) is 5.09. The van der Waals surface area contributed by atoms with E-state index in [0.29, 0.717) is 12.0 Å². The van der Waals surface area contributed by atoms with Gasteiger partial charge in [0.25, 0.3) is 0 Å². The van der Waals surface area contributed by atoms with Crippen LogP contribution in [0.3, 0.4) is 0 Å². The van der Waals surface area contributed by atoms with Gasteiger partial charge in [-0.3, -0.25) is 4.90 Å². The van der Waals surface area contributed by atoms with Crippen LogP contribution in [0.1, 0.15) is 30.9 Å². The highest BCUT2D eigenvalue weighted by Crippen LogP contribution is 2.36. The van der Waals surface area contributed by atoms with Gasteiger partial charge in [-0.05, 0) is 72.5 Å². The largest absolute Gasteiger partial charge is 0.330 e. The van der Waals surface area contributed by atoms with Gasteiger partial charge < -0.3 is 5.73 Å². The molecule has 18 heavy (non-hydrogen) atoms. The average molecular weight is 332 g/mol. The molecule has 2 unspecified atom stereocenters. The molecule has 1 fully saturated rings. The quantitative estimate of drug-likeness (QED) is 0.892. The van der Waals surface area contributed by atoms with Crippen molar-refractivity contribution in [2.24, 2.45) is 11.7 Å². The van der Waals surface area contributed by atoms with Crippen LogP contribution in [0.5, 0.6) is 0 Å². The minimum atomic E-state index is 0.392. The predicted molar refractivity (Wildman–Crippen MR) is 80.9 cm³/mol. The molecule has 1 heterocycles. The Morgan fingerprint density at radius 1 is 1.44 bits per heavy atom. The van der Waals surface area contributed by atoms with Crippen LogP contribution in [-0.2, 0) is 0 Å². The van der Waals surface area contributed by atoms with Crippen LogP contribution in [0.25, 0.3) is 0 Å². The second-order valence-corrected chi connectivity index (χ2v) is 6.35. The molecule has 0 spiro atoms. The molecule has 0 aliphatic carbocycles. The Morgan fingerprint density at radius 2 is 2.22 bits per heavy atom. The summed E-state index contributed by atoms with van der Waals surface area (Å²) >= 11 is 9.66. The van der Waals surface area contributed by atoms with Crippen molar-refractivity contribution in [1.29, 1.82) is 0 Å². The Kier molecular flexibility index (Phi) is 5.07. The van der Waals surface area contributed by atoms with E-state index in [9.17, 15) is 0 Å². The topological polar surface area (TPSA) is 29.3 Å². The van der Waals surface area contributed by atoms with Crippen LogP contribution >= 0.6 is 27.5 Å². The third kappa shape index (κ3) is 3.08. The Bertz CT molecular complexity index is 411. The lowest BCUT2D eigenvalue weighted by atomic mass is 9.89. The minimum Gasteiger partial charge on any atom is -0.330 e. The van der Waals surface area contributed by atoms with Crippen molar-refractivity contribution >= 4 is 27.5 Å². The maximum absolute atomic E-state index is 6.22. The predicted octanol–water partition coefficient (Wildman–Crippen LogP) is 3.83. The number of hydrogen-bond acceptors (Lipinski definition) is 2. The highest BCUT2D eigenvalue weighted by atomic mass is 79.9. The highest BCUT2D eigenvalue weighted by molar-refractivity contribution is 9.10. The number of nitrogens with zero attached hydrogens (tertiary/aromatic N) is 1. The monoisotopic (exact) mass is 330 g/mol. The molecule has 100 valence electrons. The fourth-order valence-electron chi connectivity index (χ4n) is 2.89. The zero-order valence-corrected chi connectivity index (χ0v) is 13.0. The van der Waals surface area contributed by atoms with E-state index in [-0.39, 0.29) is 0 Å². The van der Waals surface area contributed by atoms with Crippen molar-refractivity contribution in [3.05, 3.63) is 33.3 Å². The van der Waals surface area contributed by atoms with Crippen molar-refractivity contribution in [1.82, 2.24) is 4.90 Å². The molecule has 2 nitrogen and oxygen atoms in total. The van der Waals surface area contributed by atoms with Gasteiger partial charge in [-0.1, -0.05) is 24.1 Å². The first-order valence-corrected chi connectivity index (χ1v) is 7.66. The minimum absolute atomic E-state index is 0.392. The van der Waals surface area contributed by atoms with Crippen LogP contribution in [0.2, 0.25) is 5.02 Å². The van der Waals surface area contributed by atoms with E-state index in [0.717, 1.165) is 22.6 Å². The maximum Gasteiger partial charge on any atom is 0.0551 e. The molecule has 0 bridgehead atoms. The molecular weight excluding hydrogens is 312 g/mol. The van der Waals surface area contributed by atoms with Crippen molar-refractivity contribution < 1.29 is 0 Å². The third-order valence-corrected chi connectivity index (χ3v) is 5.08. The van der Waals surface area contributed by atoms with Crippen LogP contribution in [0.15, 0.2) is 22.7 Å². The molecular formula is C14H20BrClN2. The van der Waals surface area contributed by atoms with Gasteiger partial charge in [-0.25, -0.2) is 0 Å². The zero-order chi connectivity index (χ0) is 13.1. The van der Waals surface area contributed by atoms with E-state index < -0.39 is 0 Å². The molecule has 4 heteroatoms. The fourth-order valence-corrected chi connectivity index (χ4v) is 3.33. The number of likely N-dealkylation sites (tertiary alicyclic amines) is 1. The van der Waals surface area contributed by atoms with Crippen LogP contribution < -0.4 is 5.73 Å². The van der Waals surface area contributed by atoms with Crippen LogP contribution in [0, 0.1) is 5.92 Å². The Morgan fingerprint density at radius 3 is 2.89 bits per heavy atom. The van der Waals surface area contributed by atoms with Crippen molar-refractivity contribution in [2.75, 3.05) is 20.1 Å². The van der Waals surface area contributed by atoms with Gasteiger partial charge in [-0.2, -0.15) is 0 Å². The van der Waals surface area contributed by atoms with Gasteiger partial charge in [0, 0.05) is 10.5 Å². The SMILES string of the molecule is CN1CCCCC(CN)C1c1ccc(Br)c(Cl)c1. The molecule has 2 atom stereocenters. The maximum atomic E-state index is 6.22. The fraction of sp³-hybridized carbons (Fsp3) is 0.571. The summed E-state index contributed by atoms with van der Waals surface area (Å²) in [5.74, 6) is 0.523. The van der Waals surface area contributed by atoms with Crippen LogP contribution in [0.4, 0.5) is 0 Å². The van der Waals surface area contributed by atoms with Gasteiger partial charge in [-0.15, -0.1) is 0 Å². The summed E-state index contributed by atoms with van der Waals surface area (Å²) in [6.07, 6.45) is 3.74. The summed E-state index contributed by atoms with van der Waals surface area (Å²) in [6, 6.07) is 6.65. The molecule has 1 aromatic carbocycles. The summed E-state index contributed by atoms with van der Waals surface area (Å²) in [5, 5.41) is 0.779. The molecule has 0 radical (unpaired) electrons. The van der Waals surface area contributed by atoms with Crippen molar-refractivity contribution in [2.45, 2.75) is 25.3 Å². The molecule has 0 aromatic heterocycles. The molecule has 1 saturated heterocycles. The van der Waals surface area contributed by atoms with Crippen LogP contribution in [-0.4, -0.2) is 25.0 Å². The second kappa shape index (κ2) is 6.38. The molecule has 1 aliphatic rings. The molecule has 0 amide bonds. The van der Waals surface area contributed by atoms with E-state index in [1.807, 2.05) is 6.07 Å². The Hall–Kier alpha value is -0.0900. The van der Waals surface area contributed by atoms with E-state index in [1.54, 1.807) is 0 Å². The smallest absolute Gasteiger partial charge is 0.0551 e. The standard InChI is InChI=1S/C14H20BrClN2/c1-18-7-3-2-4-11(9-17)14(18)10-5-6-12(15)13(16)8-10/h5-6,8,11,14H,2-4,7,9,17H2,1H3. The molecule has 1 aliphatic heterocycles. The van der Waals surface area contributed by atoms with Gasteiger partial charge in [0.2, 0.25) is 0 Å². The lowest BCUT2D eigenvalue weighted by Crippen LogP contribution is -2.32. The summed E-state index contributed by atoms with van der Waals surface area (Å²) in [4.78, 5) is 2.42. The van der Waals surface area contributed by atoms with Gasteiger partial charge in [0.05, 0.1) is 5.02 Å². The molecule has 1 aromatic rings. The van der Waals surface area contributed by atoms with E-state index in [4.69, 9.17) is 17.3 Å². The molecule has 0 saturated carbocycles. The van der Waals surface area contributed by atoms with Gasteiger partial charge in [0.1, 0.15) is 0 Å². The highest BCUT2D eigenvalue weighted by Gasteiger charge is 2.28. The number of hydrogen-bond donors (Lipinski definition) is 1. The van der Waals surface area contributed by atoms with Crippen molar-refractivity contribution in [3.8, 4) is 0 Å². The summed E-state index contributed by atoms with van der Waals surface area (Å²) in [6.45, 7) is 1.87. The number of rotatable bonds is 2. The van der Waals surface area contributed by atoms with E-state index in [2.05, 4.69) is 40.0 Å². The average Bonchev–Trinajstić information content (AvgIpc) is 2.54. The van der Waals surface area contributed by atoms with Gasteiger partial charge >= 0.3 is 0 Å².